The van der Waals surface area contributed by atoms with Crippen molar-refractivity contribution in [2.75, 3.05) is 53.4 Å². The summed E-state index contributed by atoms with van der Waals surface area (Å²) in [7, 11) is 2.97. The molecule has 0 saturated carbocycles. The number of esters is 1. The maximum Gasteiger partial charge on any atom is 0.319 e. The Kier molecular flexibility index (Phi) is 6.93. The largest absolute Gasteiger partial charge is 0.481 e. The second-order valence-electron chi connectivity index (χ2n) is 5.00. The molecule has 0 aromatic heterocycles. The summed E-state index contributed by atoms with van der Waals surface area (Å²) >= 11 is 0. The maximum atomic E-state index is 12.1. The molecular weight excluding hydrogens is 278 g/mol. The lowest BCUT2D eigenvalue weighted by Gasteiger charge is -2.36. The minimum atomic E-state index is -0.915. The average Bonchev–Trinajstić information content (AvgIpc) is 2.49. The number of aliphatic carboxylic acids is 1. The number of urea groups is 1. The smallest absolute Gasteiger partial charge is 0.319 e. The van der Waals surface area contributed by atoms with Crippen molar-refractivity contribution in [3.63, 3.8) is 0 Å². The highest BCUT2D eigenvalue weighted by Crippen LogP contribution is 2.06. The number of carbonyl (C=O) groups excluding carboxylic acids is 2. The standard InChI is InChI=1S/C13H23N3O5/c1-14(5-3-11(17)18)13(20)16-9-7-15(8-10-16)6-4-12(19)21-2/h3-10H2,1-2H3,(H,17,18). The number of methoxy groups -OCH3 is 1. The van der Waals surface area contributed by atoms with Gasteiger partial charge in [0.1, 0.15) is 0 Å². The van der Waals surface area contributed by atoms with Crippen molar-refractivity contribution >= 4 is 18.0 Å². The van der Waals surface area contributed by atoms with Crippen LogP contribution in [-0.4, -0.2) is 91.2 Å². The van der Waals surface area contributed by atoms with Gasteiger partial charge in [0, 0.05) is 46.3 Å². The van der Waals surface area contributed by atoms with Crippen LogP contribution in [0.1, 0.15) is 12.8 Å². The number of carboxylic acid groups (broad SMARTS) is 1. The fourth-order valence-corrected chi connectivity index (χ4v) is 2.11. The lowest BCUT2D eigenvalue weighted by Crippen LogP contribution is -2.52. The summed E-state index contributed by atoms with van der Waals surface area (Å²) in [5.41, 5.74) is 0. The molecule has 120 valence electrons. The third kappa shape index (κ3) is 5.99. The van der Waals surface area contributed by atoms with Gasteiger partial charge in [-0.3, -0.25) is 14.5 Å². The Hall–Kier alpha value is -1.83. The zero-order valence-corrected chi connectivity index (χ0v) is 12.6. The van der Waals surface area contributed by atoms with Crippen molar-refractivity contribution in [1.82, 2.24) is 14.7 Å². The molecule has 8 nitrogen and oxygen atoms in total. The molecule has 1 aliphatic rings. The van der Waals surface area contributed by atoms with Crippen LogP contribution >= 0.6 is 0 Å². The molecule has 0 aromatic carbocycles. The first kappa shape index (κ1) is 17.2. The van der Waals surface area contributed by atoms with Crippen LogP contribution in [0.5, 0.6) is 0 Å². The highest BCUT2D eigenvalue weighted by molar-refractivity contribution is 5.75. The Morgan fingerprint density at radius 2 is 1.76 bits per heavy atom. The van der Waals surface area contributed by atoms with Crippen LogP contribution in [0.15, 0.2) is 0 Å². The molecule has 0 unspecified atom stereocenters. The average molecular weight is 301 g/mol. The van der Waals surface area contributed by atoms with Crippen LogP contribution < -0.4 is 0 Å². The zero-order chi connectivity index (χ0) is 15.8. The summed E-state index contributed by atoms with van der Waals surface area (Å²) < 4.78 is 4.59. The number of nitrogens with zero attached hydrogens (tertiary/aromatic N) is 3. The number of carboxylic acids is 1. The van der Waals surface area contributed by atoms with E-state index in [1.54, 1.807) is 11.9 Å². The number of hydrogen-bond acceptors (Lipinski definition) is 5. The topological polar surface area (TPSA) is 90.4 Å². The monoisotopic (exact) mass is 301 g/mol. The molecule has 0 spiro atoms. The fourth-order valence-electron chi connectivity index (χ4n) is 2.11. The van der Waals surface area contributed by atoms with E-state index in [4.69, 9.17) is 5.11 Å². The Labute approximate surface area is 124 Å². The lowest BCUT2D eigenvalue weighted by molar-refractivity contribution is -0.141. The lowest BCUT2D eigenvalue weighted by atomic mass is 10.3. The highest BCUT2D eigenvalue weighted by atomic mass is 16.5. The number of piperazine rings is 1. The van der Waals surface area contributed by atoms with Gasteiger partial charge in [-0.25, -0.2) is 4.79 Å². The van der Waals surface area contributed by atoms with Crippen molar-refractivity contribution in [2.24, 2.45) is 0 Å². The van der Waals surface area contributed by atoms with Gasteiger partial charge < -0.3 is 19.6 Å². The summed E-state index contributed by atoms with van der Waals surface area (Å²) in [6.45, 7) is 3.40. The van der Waals surface area contributed by atoms with Crippen molar-refractivity contribution in [3.05, 3.63) is 0 Å². The molecular formula is C13H23N3O5. The van der Waals surface area contributed by atoms with Crippen LogP contribution in [0.3, 0.4) is 0 Å². The van der Waals surface area contributed by atoms with E-state index in [0.29, 0.717) is 39.1 Å². The molecule has 0 atom stereocenters. The molecule has 8 heteroatoms. The van der Waals surface area contributed by atoms with Gasteiger partial charge in [0.15, 0.2) is 0 Å². The van der Waals surface area contributed by atoms with Gasteiger partial charge in [-0.2, -0.15) is 0 Å². The predicted octanol–water partition coefficient (Wildman–Crippen LogP) is -0.306. The minimum absolute atomic E-state index is 0.0542. The number of hydrogen-bond donors (Lipinski definition) is 1. The van der Waals surface area contributed by atoms with E-state index in [-0.39, 0.29) is 25.0 Å². The van der Waals surface area contributed by atoms with Gasteiger partial charge >= 0.3 is 18.0 Å². The molecule has 1 N–H and O–H groups in total. The Morgan fingerprint density at radius 3 is 2.29 bits per heavy atom. The van der Waals surface area contributed by atoms with E-state index in [1.165, 1.54) is 12.0 Å². The summed E-state index contributed by atoms with van der Waals surface area (Å²) in [6.07, 6.45) is 0.296. The van der Waals surface area contributed by atoms with Crippen molar-refractivity contribution in [3.8, 4) is 0 Å². The predicted molar refractivity (Wildman–Crippen MR) is 74.9 cm³/mol. The number of ether oxygens (including phenoxy) is 1. The van der Waals surface area contributed by atoms with E-state index < -0.39 is 5.97 Å². The summed E-state index contributed by atoms with van der Waals surface area (Å²) in [5.74, 6) is -1.15. The highest BCUT2D eigenvalue weighted by Gasteiger charge is 2.23. The molecule has 0 aliphatic carbocycles. The molecule has 1 heterocycles. The summed E-state index contributed by atoms with van der Waals surface area (Å²) in [6, 6.07) is -0.149. The van der Waals surface area contributed by atoms with E-state index in [2.05, 4.69) is 9.64 Å². The van der Waals surface area contributed by atoms with Gasteiger partial charge in [-0.15, -0.1) is 0 Å². The fraction of sp³-hybridized carbons (Fsp3) is 0.769. The SMILES string of the molecule is COC(=O)CCN1CCN(C(=O)N(C)CCC(=O)O)CC1. The number of amides is 2. The van der Waals surface area contributed by atoms with Crippen LogP contribution in [0.4, 0.5) is 4.79 Å². The number of rotatable bonds is 6. The Morgan fingerprint density at radius 1 is 1.14 bits per heavy atom. The zero-order valence-electron chi connectivity index (χ0n) is 12.6. The maximum absolute atomic E-state index is 12.1. The molecule has 1 fully saturated rings. The van der Waals surface area contributed by atoms with Gasteiger partial charge in [-0.1, -0.05) is 0 Å². The first-order valence-electron chi connectivity index (χ1n) is 6.95. The molecule has 1 saturated heterocycles. The molecule has 1 aliphatic heterocycles. The summed E-state index contributed by atoms with van der Waals surface area (Å²) in [5, 5.41) is 8.62. The van der Waals surface area contributed by atoms with Crippen LogP contribution in [0, 0.1) is 0 Å². The second kappa shape index (κ2) is 8.46. The third-order valence-electron chi connectivity index (χ3n) is 3.49. The molecule has 0 bridgehead atoms. The molecule has 1 rings (SSSR count). The second-order valence-corrected chi connectivity index (χ2v) is 5.00. The van der Waals surface area contributed by atoms with E-state index in [9.17, 15) is 14.4 Å². The van der Waals surface area contributed by atoms with Gasteiger partial charge in [0.05, 0.1) is 20.0 Å². The van der Waals surface area contributed by atoms with Gasteiger partial charge in [0.25, 0.3) is 0 Å². The minimum Gasteiger partial charge on any atom is -0.481 e. The van der Waals surface area contributed by atoms with Crippen molar-refractivity contribution < 1.29 is 24.2 Å². The Balaban J connectivity index is 2.29. The van der Waals surface area contributed by atoms with Crippen molar-refractivity contribution in [2.45, 2.75) is 12.8 Å². The van der Waals surface area contributed by atoms with E-state index >= 15 is 0 Å². The molecule has 0 radical (unpaired) electrons. The van der Waals surface area contributed by atoms with Gasteiger partial charge in [-0.05, 0) is 0 Å². The molecule has 2 amide bonds. The van der Waals surface area contributed by atoms with E-state index in [1.807, 2.05) is 0 Å². The molecule has 21 heavy (non-hydrogen) atoms. The molecule has 0 aromatic rings. The first-order valence-corrected chi connectivity index (χ1v) is 6.95. The van der Waals surface area contributed by atoms with Crippen molar-refractivity contribution in [1.29, 1.82) is 0 Å². The Bertz CT molecular complexity index is 380. The third-order valence-corrected chi connectivity index (χ3v) is 3.49. The first-order chi connectivity index (χ1) is 9.93. The normalized spacial score (nSPS) is 15.6. The van der Waals surface area contributed by atoms with Crippen LogP contribution in [0.2, 0.25) is 0 Å². The van der Waals surface area contributed by atoms with Crippen LogP contribution in [-0.2, 0) is 14.3 Å². The number of carbonyl (C=O) groups is 3. The summed E-state index contributed by atoms with van der Waals surface area (Å²) in [4.78, 5) is 38.9. The van der Waals surface area contributed by atoms with E-state index in [0.717, 1.165) is 0 Å². The van der Waals surface area contributed by atoms with Gasteiger partial charge in [0.2, 0.25) is 0 Å². The van der Waals surface area contributed by atoms with Crippen LogP contribution in [0.25, 0.3) is 0 Å². The quantitative estimate of drug-likeness (QED) is 0.677.